The number of halogens is 3. The first-order chi connectivity index (χ1) is 14.2. The van der Waals surface area contributed by atoms with Crippen LogP contribution in [0.3, 0.4) is 0 Å². The molecule has 2 saturated heterocycles. The number of fused-ring (bicyclic) bond motifs is 2. The van der Waals surface area contributed by atoms with Gasteiger partial charge in [0.05, 0.1) is 11.0 Å². The number of aromatic nitrogens is 1. The van der Waals surface area contributed by atoms with Crippen LogP contribution in [0.4, 0.5) is 13.2 Å². The molecule has 4 nitrogen and oxygen atoms in total. The van der Waals surface area contributed by atoms with Gasteiger partial charge in [0.2, 0.25) is 5.91 Å². The number of alkyl halides is 3. The lowest BCUT2D eigenvalue weighted by Crippen LogP contribution is -2.42. The highest BCUT2D eigenvalue weighted by atomic mass is 19.4. The molecule has 1 saturated carbocycles. The van der Waals surface area contributed by atoms with Crippen LogP contribution in [0.25, 0.3) is 0 Å². The average Bonchev–Trinajstić information content (AvgIpc) is 3.24. The van der Waals surface area contributed by atoms with Crippen molar-refractivity contribution < 1.29 is 18.0 Å². The van der Waals surface area contributed by atoms with Gasteiger partial charge in [-0.2, -0.15) is 13.2 Å². The largest absolute Gasteiger partial charge is 0.417 e. The van der Waals surface area contributed by atoms with Crippen LogP contribution in [-0.4, -0.2) is 45.9 Å². The van der Waals surface area contributed by atoms with Crippen LogP contribution in [-0.2, 0) is 23.9 Å². The maximum absolute atomic E-state index is 13.6. The van der Waals surface area contributed by atoms with Crippen molar-refractivity contribution >= 4 is 5.91 Å². The predicted molar refractivity (Wildman–Crippen MR) is 106 cm³/mol. The molecule has 0 aromatic carbocycles. The first-order valence-electron chi connectivity index (χ1n) is 11.3. The molecule has 4 atom stereocenters. The molecule has 1 amide bonds. The minimum Gasteiger partial charge on any atom is -0.334 e. The van der Waals surface area contributed by atoms with E-state index in [1.54, 1.807) is 0 Å². The van der Waals surface area contributed by atoms with Gasteiger partial charge in [-0.1, -0.05) is 13.8 Å². The first kappa shape index (κ1) is 20.3. The lowest BCUT2D eigenvalue weighted by molar-refractivity contribution is -0.138. The topological polar surface area (TPSA) is 36.4 Å². The van der Waals surface area contributed by atoms with Crippen LogP contribution in [0.5, 0.6) is 0 Å². The molecule has 1 aromatic rings. The number of likely N-dealkylation sites (tertiary alicyclic amines) is 1. The summed E-state index contributed by atoms with van der Waals surface area (Å²) < 4.78 is 39.4. The zero-order valence-corrected chi connectivity index (χ0v) is 17.7. The molecule has 0 bridgehead atoms. The van der Waals surface area contributed by atoms with Crippen molar-refractivity contribution in [3.05, 3.63) is 29.1 Å². The molecule has 3 unspecified atom stereocenters. The van der Waals surface area contributed by atoms with Gasteiger partial charge < -0.3 is 9.80 Å². The molecule has 5 rings (SSSR count). The molecular formula is C23H30F3N3O. The minimum atomic E-state index is -4.41. The summed E-state index contributed by atoms with van der Waals surface area (Å²) in [6.45, 7) is 6.98. The first-order valence-corrected chi connectivity index (χ1v) is 11.3. The number of pyridine rings is 1. The third-order valence-electron chi connectivity index (χ3n) is 8.52. The van der Waals surface area contributed by atoms with E-state index in [0.29, 0.717) is 18.0 Å². The molecule has 4 heterocycles. The zero-order chi connectivity index (χ0) is 21.3. The third-order valence-corrected chi connectivity index (χ3v) is 8.52. The second-order valence-electron chi connectivity index (χ2n) is 10.1. The van der Waals surface area contributed by atoms with Crippen LogP contribution in [0.1, 0.15) is 62.8 Å². The summed E-state index contributed by atoms with van der Waals surface area (Å²) in [7, 11) is 0. The Labute approximate surface area is 175 Å². The van der Waals surface area contributed by atoms with Gasteiger partial charge in [-0.3, -0.25) is 9.78 Å². The molecule has 30 heavy (non-hydrogen) atoms. The van der Waals surface area contributed by atoms with Gasteiger partial charge in [0.15, 0.2) is 0 Å². The summed E-state index contributed by atoms with van der Waals surface area (Å²) in [5.74, 6) is 1.15. The molecule has 164 valence electrons. The minimum absolute atomic E-state index is 0.0503. The van der Waals surface area contributed by atoms with Gasteiger partial charge in [-0.25, -0.2) is 0 Å². The highest BCUT2D eigenvalue weighted by Gasteiger charge is 2.60. The zero-order valence-electron chi connectivity index (χ0n) is 17.7. The van der Waals surface area contributed by atoms with Crippen LogP contribution in [0, 0.1) is 17.3 Å². The van der Waals surface area contributed by atoms with Crippen molar-refractivity contribution in [2.75, 3.05) is 13.1 Å². The summed E-state index contributed by atoms with van der Waals surface area (Å²) in [6.07, 6.45) is 2.39. The molecule has 1 aromatic heterocycles. The number of amides is 1. The monoisotopic (exact) mass is 421 g/mol. The summed E-state index contributed by atoms with van der Waals surface area (Å²) in [5.41, 5.74) is 0.195. The third kappa shape index (κ3) is 3.07. The van der Waals surface area contributed by atoms with Crippen LogP contribution in [0.15, 0.2) is 12.3 Å². The fraction of sp³-hybridized carbons (Fsp3) is 0.739. The maximum atomic E-state index is 13.6. The number of nitrogens with zero attached hydrogens (tertiary/aromatic N) is 3. The van der Waals surface area contributed by atoms with Gasteiger partial charge in [-0.15, -0.1) is 0 Å². The fourth-order valence-electron chi connectivity index (χ4n) is 6.50. The highest BCUT2D eigenvalue weighted by molar-refractivity contribution is 5.87. The van der Waals surface area contributed by atoms with Crippen molar-refractivity contribution in [3.8, 4) is 0 Å². The van der Waals surface area contributed by atoms with Crippen molar-refractivity contribution in [2.24, 2.45) is 17.3 Å². The van der Waals surface area contributed by atoms with Crippen molar-refractivity contribution in [3.63, 3.8) is 0 Å². The molecule has 3 fully saturated rings. The van der Waals surface area contributed by atoms with Gasteiger partial charge >= 0.3 is 6.18 Å². The molecule has 1 spiro atoms. The SMILES string of the molecule is CC1CCN(C2CC[C@@]3(C2)C(=O)N2Cc4cc(C(F)(F)F)cnc4CC2C3C)CC1. The van der Waals surface area contributed by atoms with E-state index in [2.05, 4.69) is 23.7 Å². The number of carbonyl (C=O) groups excluding carboxylic acids is 1. The Morgan fingerprint density at radius 1 is 1.17 bits per heavy atom. The lowest BCUT2D eigenvalue weighted by Gasteiger charge is -2.36. The van der Waals surface area contributed by atoms with E-state index in [1.165, 1.54) is 18.9 Å². The van der Waals surface area contributed by atoms with E-state index in [9.17, 15) is 18.0 Å². The van der Waals surface area contributed by atoms with Gasteiger partial charge in [-0.05, 0) is 68.7 Å². The quantitative estimate of drug-likeness (QED) is 0.679. The number of hydrogen-bond donors (Lipinski definition) is 0. The highest BCUT2D eigenvalue weighted by Crippen LogP contribution is 2.55. The molecule has 7 heteroatoms. The second-order valence-corrected chi connectivity index (χ2v) is 10.1. The number of carbonyl (C=O) groups is 1. The van der Waals surface area contributed by atoms with E-state index in [4.69, 9.17) is 0 Å². The Hall–Kier alpha value is -1.63. The second kappa shape index (κ2) is 6.94. The van der Waals surface area contributed by atoms with Gasteiger partial charge in [0.25, 0.3) is 0 Å². The van der Waals surface area contributed by atoms with E-state index in [1.807, 2.05) is 4.90 Å². The summed E-state index contributed by atoms with van der Waals surface area (Å²) in [6, 6.07) is 1.70. The Balaban J connectivity index is 1.37. The smallest absolute Gasteiger partial charge is 0.334 e. The van der Waals surface area contributed by atoms with Crippen LogP contribution >= 0.6 is 0 Å². The Bertz CT molecular complexity index is 849. The lowest BCUT2D eigenvalue weighted by atomic mass is 9.73. The molecule has 3 aliphatic heterocycles. The number of piperidine rings is 1. The molecule has 0 radical (unpaired) electrons. The molecule has 1 aliphatic carbocycles. The van der Waals surface area contributed by atoms with E-state index in [-0.39, 0.29) is 29.8 Å². The average molecular weight is 422 g/mol. The maximum Gasteiger partial charge on any atom is 0.417 e. The molecule has 0 N–H and O–H groups in total. The summed E-state index contributed by atoms with van der Waals surface area (Å²) >= 11 is 0. The van der Waals surface area contributed by atoms with Gasteiger partial charge in [0, 0.05) is 36.9 Å². The normalized spacial score (nSPS) is 35.2. The standard InChI is InChI=1S/C23H30F3N3O/c1-14-4-7-28(8-5-14)18-3-6-22(11-18)15(2)20-10-19-16(13-29(20)21(22)30)9-17(12-27-19)23(24,25)26/h9,12,14-15,18,20H,3-8,10-11,13H2,1-2H3/t15?,18?,20?,22-/m0/s1. The van der Waals surface area contributed by atoms with E-state index < -0.39 is 11.7 Å². The van der Waals surface area contributed by atoms with Gasteiger partial charge in [0.1, 0.15) is 0 Å². The van der Waals surface area contributed by atoms with Crippen LogP contribution in [0.2, 0.25) is 0 Å². The summed E-state index contributed by atoms with van der Waals surface area (Å²) in [4.78, 5) is 22.2. The predicted octanol–water partition coefficient (Wildman–Crippen LogP) is 4.27. The fourth-order valence-corrected chi connectivity index (χ4v) is 6.50. The Morgan fingerprint density at radius 2 is 1.90 bits per heavy atom. The Kier molecular flexibility index (Phi) is 4.69. The molecular weight excluding hydrogens is 391 g/mol. The van der Waals surface area contributed by atoms with E-state index >= 15 is 0 Å². The van der Waals surface area contributed by atoms with Crippen molar-refractivity contribution in [1.29, 1.82) is 0 Å². The number of rotatable bonds is 1. The summed E-state index contributed by atoms with van der Waals surface area (Å²) in [5, 5.41) is 0. The van der Waals surface area contributed by atoms with E-state index in [0.717, 1.165) is 50.2 Å². The van der Waals surface area contributed by atoms with Crippen LogP contribution < -0.4 is 0 Å². The van der Waals surface area contributed by atoms with Crippen molar-refractivity contribution in [1.82, 2.24) is 14.8 Å². The van der Waals surface area contributed by atoms with Crippen molar-refractivity contribution in [2.45, 2.75) is 77.2 Å². The number of hydrogen-bond acceptors (Lipinski definition) is 3. The molecule has 4 aliphatic rings. The Morgan fingerprint density at radius 3 is 2.60 bits per heavy atom.